The molecular weight excluding hydrogens is 331 g/mol. The normalized spacial score (nSPS) is 13.0. The minimum atomic E-state index is -0.322. The standard InChI is InChI=1S/C20H29FN4O/c1-4-8-19-18(15-22-13-7-14-24(5-2)6-3)20(26)25(23-19)17-11-9-16(21)10-12-17/h8-12,15,22-23H,4-7,13-14H2,1-3H3/p+1. The van der Waals surface area contributed by atoms with Crippen LogP contribution in [0.25, 0.3) is 18.0 Å². The second kappa shape index (κ2) is 9.97. The summed E-state index contributed by atoms with van der Waals surface area (Å²) in [5.41, 5.74) is 0.477. The Bertz CT molecular complexity index is 847. The van der Waals surface area contributed by atoms with Crippen molar-refractivity contribution in [3.63, 3.8) is 0 Å². The third-order valence-corrected chi connectivity index (χ3v) is 4.55. The number of nitrogens with zero attached hydrogens (tertiary/aromatic N) is 1. The Morgan fingerprint density at radius 1 is 1.19 bits per heavy atom. The fourth-order valence-corrected chi connectivity index (χ4v) is 2.96. The number of aromatic nitrogens is 2. The zero-order valence-electron chi connectivity index (χ0n) is 15.9. The van der Waals surface area contributed by atoms with Gasteiger partial charge in [0.15, 0.2) is 0 Å². The number of quaternary nitrogens is 1. The molecule has 0 aliphatic heterocycles. The molecular formula is C20H30FN4O+. The molecule has 0 fully saturated rings. The van der Waals surface area contributed by atoms with Gasteiger partial charge in [-0.3, -0.25) is 9.89 Å². The maximum atomic E-state index is 13.1. The number of hydrogen-bond donors (Lipinski definition) is 3. The lowest BCUT2D eigenvalue weighted by Gasteiger charge is -2.14. The fraction of sp³-hybridized carbons (Fsp3) is 0.450. The number of H-pyrrole nitrogens is 1. The molecule has 26 heavy (non-hydrogen) atoms. The van der Waals surface area contributed by atoms with Gasteiger partial charge in [-0.05, 0) is 44.5 Å². The molecule has 0 aliphatic rings. The first-order valence-electron chi connectivity index (χ1n) is 9.45. The largest absolute Gasteiger partial charge is 0.390 e. The maximum absolute atomic E-state index is 13.1. The molecule has 0 amide bonds. The number of halogens is 1. The maximum Gasteiger partial charge on any atom is 0.280 e. The monoisotopic (exact) mass is 361 g/mol. The van der Waals surface area contributed by atoms with Crippen molar-refractivity contribution in [1.82, 2.24) is 15.1 Å². The summed E-state index contributed by atoms with van der Waals surface area (Å²) < 4.78 is 14.6. The summed E-state index contributed by atoms with van der Waals surface area (Å²) in [5.74, 6) is -0.322. The SMILES string of the molecule is CCC=c1[nH]n(-c2ccc(F)cc2)c(=O)c1=CNCCC[NH+](CC)CC. The van der Waals surface area contributed by atoms with Crippen molar-refractivity contribution in [2.24, 2.45) is 0 Å². The minimum absolute atomic E-state index is 0.141. The molecule has 1 aromatic heterocycles. The molecule has 0 saturated carbocycles. The van der Waals surface area contributed by atoms with Crippen LogP contribution in [0.1, 0.15) is 33.6 Å². The topological polar surface area (TPSA) is 54.3 Å². The second-order valence-electron chi connectivity index (χ2n) is 6.33. The third-order valence-electron chi connectivity index (χ3n) is 4.55. The van der Waals surface area contributed by atoms with Gasteiger partial charge in [-0.25, -0.2) is 9.07 Å². The van der Waals surface area contributed by atoms with E-state index in [0.717, 1.165) is 44.4 Å². The van der Waals surface area contributed by atoms with Gasteiger partial charge in [0.25, 0.3) is 5.56 Å². The zero-order valence-corrected chi connectivity index (χ0v) is 15.9. The molecule has 2 rings (SSSR count). The molecule has 2 aromatic rings. The van der Waals surface area contributed by atoms with Gasteiger partial charge in [0.05, 0.1) is 35.9 Å². The number of aromatic amines is 1. The first-order valence-corrected chi connectivity index (χ1v) is 9.45. The molecule has 0 saturated heterocycles. The Morgan fingerprint density at radius 2 is 1.88 bits per heavy atom. The average molecular weight is 361 g/mol. The molecule has 1 aromatic carbocycles. The highest BCUT2D eigenvalue weighted by Crippen LogP contribution is 2.03. The second-order valence-corrected chi connectivity index (χ2v) is 6.33. The van der Waals surface area contributed by atoms with E-state index in [9.17, 15) is 9.18 Å². The number of nitrogens with one attached hydrogen (secondary N) is 3. The van der Waals surface area contributed by atoms with E-state index in [0.29, 0.717) is 10.9 Å². The van der Waals surface area contributed by atoms with E-state index in [1.54, 1.807) is 23.2 Å². The summed E-state index contributed by atoms with van der Waals surface area (Å²) in [4.78, 5) is 14.3. The summed E-state index contributed by atoms with van der Waals surface area (Å²) in [5, 5.41) is 7.77. The smallest absolute Gasteiger partial charge is 0.280 e. The van der Waals surface area contributed by atoms with Crippen LogP contribution < -0.4 is 26.3 Å². The van der Waals surface area contributed by atoms with Gasteiger partial charge in [-0.2, -0.15) is 0 Å². The molecule has 3 N–H and O–H groups in total. The van der Waals surface area contributed by atoms with Gasteiger partial charge < -0.3 is 10.2 Å². The van der Waals surface area contributed by atoms with Crippen molar-refractivity contribution in [1.29, 1.82) is 0 Å². The lowest BCUT2D eigenvalue weighted by atomic mass is 10.3. The van der Waals surface area contributed by atoms with Crippen molar-refractivity contribution in [2.75, 3.05) is 26.2 Å². The van der Waals surface area contributed by atoms with Gasteiger partial charge in [0, 0.05) is 19.2 Å². The van der Waals surface area contributed by atoms with E-state index >= 15 is 0 Å². The summed E-state index contributed by atoms with van der Waals surface area (Å²) in [6.45, 7) is 10.6. The predicted molar refractivity (Wildman–Crippen MR) is 104 cm³/mol. The van der Waals surface area contributed by atoms with Crippen LogP contribution in [0.2, 0.25) is 0 Å². The highest BCUT2D eigenvalue weighted by Gasteiger charge is 2.06. The molecule has 0 spiro atoms. The first kappa shape index (κ1) is 20.0. The van der Waals surface area contributed by atoms with Gasteiger partial charge in [-0.15, -0.1) is 0 Å². The van der Waals surface area contributed by atoms with Crippen molar-refractivity contribution in [3.05, 3.63) is 51.0 Å². The molecule has 0 radical (unpaired) electrons. The zero-order chi connectivity index (χ0) is 18.9. The number of rotatable bonds is 9. The summed E-state index contributed by atoms with van der Waals surface area (Å²) in [6, 6.07) is 5.88. The Labute approximate surface area is 153 Å². The van der Waals surface area contributed by atoms with Crippen LogP contribution in [0.15, 0.2) is 29.1 Å². The average Bonchev–Trinajstić information content (AvgIpc) is 2.95. The molecule has 0 aliphatic carbocycles. The Morgan fingerprint density at radius 3 is 2.50 bits per heavy atom. The van der Waals surface area contributed by atoms with Gasteiger partial charge in [0.2, 0.25) is 0 Å². The highest BCUT2D eigenvalue weighted by molar-refractivity contribution is 5.33. The van der Waals surface area contributed by atoms with E-state index in [-0.39, 0.29) is 11.4 Å². The Balaban J connectivity index is 2.20. The molecule has 0 unspecified atom stereocenters. The van der Waals surface area contributed by atoms with Gasteiger partial charge in [0.1, 0.15) is 5.82 Å². The van der Waals surface area contributed by atoms with Crippen molar-refractivity contribution >= 4 is 12.3 Å². The minimum Gasteiger partial charge on any atom is -0.390 e. The van der Waals surface area contributed by atoms with Crippen LogP contribution in [-0.2, 0) is 0 Å². The molecule has 142 valence electrons. The van der Waals surface area contributed by atoms with Crippen molar-refractivity contribution < 1.29 is 9.29 Å². The van der Waals surface area contributed by atoms with E-state index < -0.39 is 0 Å². The summed E-state index contributed by atoms with van der Waals surface area (Å²) in [7, 11) is 0. The number of hydrogen-bond acceptors (Lipinski definition) is 2. The quantitative estimate of drug-likeness (QED) is 0.557. The number of benzene rings is 1. The highest BCUT2D eigenvalue weighted by atomic mass is 19.1. The Kier molecular flexibility index (Phi) is 7.66. The van der Waals surface area contributed by atoms with Crippen LogP contribution in [0.5, 0.6) is 0 Å². The first-order chi connectivity index (χ1) is 12.6. The van der Waals surface area contributed by atoms with Crippen molar-refractivity contribution in [3.8, 4) is 5.69 Å². The van der Waals surface area contributed by atoms with Gasteiger partial charge >= 0.3 is 0 Å². The van der Waals surface area contributed by atoms with E-state index in [2.05, 4.69) is 24.3 Å². The van der Waals surface area contributed by atoms with E-state index in [1.807, 2.05) is 13.0 Å². The predicted octanol–water partition coefficient (Wildman–Crippen LogP) is 0.138. The van der Waals surface area contributed by atoms with Crippen LogP contribution in [-0.4, -0.2) is 36.0 Å². The fourth-order valence-electron chi connectivity index (χ4n) is 2.96. The lowest BCUT2D eigenvalue weighted by molar-refractivity contribution is -0.896. The van der Waals surface area contributed by atoms with E-state index in [4.69, 9.17) is 0 Å². The van der Waals surface area contributed by atoms with Crippen LogP contribution in [0.4, 0.5) is 4.39 Å². The van der Waals surface area contributed by atoms with Crippen molar-refractivity contribution in [2.45, 2.75) is 33.6 Å². The van der Waals surface area contributed by atoms with E-state index in [1.165, 1.54) is 16.8 Å². The van der Waals surface area contributed by atoms with Gasteiger partial charge in [-0.1, -0.05) is 13.0 Å². The lowest BCUT2D eigenvalue weighted by Crippen LogP contribution is -3.11. The molecule has 0 bridgehead atoms. The third kappa shape index (κ3) is 5.08. The van der Waals surface area contributed by atoms with Crippen LogP contribution in [0, 0.1) is 5.82 Å². The summed E-state index contributed by atoms with van der Waals surface area (Å²) in [6.07, 6.45) is 5.64. The molecule has 5 nitrogen and oxygen atoms in total. The molecule has 6 heteroatoms. The van der Waals surface area contributed by atoms with Crippen LogP contribution >= 0.6 is 0 Å². The molecule has 0 atom stereocenters. The van der Waals surface area contributed by atoms with Crippen LogP contribution in [0.3, 0.4) is 0 Å². The summed E-state index contributed by atoms with van der Waals surface area (Å²) >= 11 is 0. The molecule has 1 heterocycles. The Hall–Kier alpha value is -2.34.